The highest BCUT2D eigenvalue weighted by molar-refractivity contribution is 8.00. The van der Waals surface area contributed by atoms with E-state index in [9.17, 15) is 0 Å². The van der Waals surface area contributed by atoms with Gasteiger partial charge in [0.2, 0.25) is 0 Å². The predicted molar refractivity (Wildman–Crippen MR) is 63.5 cm³/mol. The standard InChI is InChI=1S/C12H17NS/c1-9-12(14-10(2)13(9)3)11-7-5-4-6-8-11/h4-10,12H,1-3H3/t9-,10+,12-/m1/s1. The van der Waals surface area contributed by atoms with E-state index in [-0.39, 0.29) is 0 Å². The molecule has 0 N–H and O–H groups in total. The van der Waals surface area contributed by atoms with Gasteiger partial charge in [-0.3, -0.25) is 4.90 Å². The molecule has 76 valence electrons. The molecular formula is C12H17NS. The normalized spacial score (nSPS) is 33.5. The number of rotatable bonds is 1. The van der Waals surface area contributed by atoms with Crippen LogP contribution in [0, 0.1) is 0 Å². The lowest BCUT2D eigenvalue weighted by Gasteiger charge is -2.20. The van der Waals surface area contributed by atoms with Gasteiger partial charge in [-0.05, 0) is 26.5 Å². The lowest BCUT2D eigenvalue weighted by Crippen LogP contribution is -2.29. The van der Waals surface area contributed by atoms with Gasteiger partial charge in [0, 0.05) is 11.3 Å². The van der Waals surface area contributed by atoms with Gasteiger partial charge in [-0.15, -0.1) is 11.8 Å². The molecule has 1 nitrogen and oxygen atoms in total. The van der Waals surface area contributed by atoms with Crippen molar-refractivity contribution in [2.75, 3.05) is 7.05 Å². The van der Waals surface area contributed by atoms with Crippen LogP contribution in [-0.2, 0) is 0 Å². The second-order valence-corrected chi connectivity index (χ2v) is 5.44. The average molecular weight is 207 g/mol. The SMILES string of the molecule is C[C@@H]1S[C@@H](c2ccccc2)[C@@H](C)N1C. The number of benzene rings is 1. The zero-order valence-electron chi connectivity index (χ0n) is 8.97. The molecule has 0 amide bonds. The van der Waals surface area contributed by atoms with Crippen LogP contribution in [0.25, 0.3) is 0 Å². The molecule has 1 aliphatic heterocycles. The van der Waals surface area contributed by atoms with E-state index in [1.165, 1.54) is 5.56 Å². The molecule has 2 heteroatoms. The molecule has 0 aromatic heterocycles. The maximum Gasteiger partial charge on any atom is 0.0535 e. The van der Waals surface area contributed by atoms with Crippen LogP contribution in [-0.4, -0.2) is 23.4 Å². The van der Waals surface area contributed by atoms with Gasteiger partial charge in [0.05, 0.1) is 5.37 Å². The van der Waals surface area contributed by atoms with Gasteiger partial charge in [0.1, 0.15) is 0 Å². The largest absolute Gasteiger partial charge is 0.291 e. The molecular weight excluding hydrogens is 190 g/mol. The summed E-state index contributed by atoms with van der Waals surface area (Å²) < 4.78 is 0. The van der Waals surface area contributed by atoms with Crippen LogP contribution in [0.3, 0.4) is 0 Å². The maximum absolute atomic E-state index is 2.45. The topological polar surface area (TPSA) is 3.24 Å². The average Bonchev–Trinajstić information content (AvgIpc) is 2.47. The number of nitrogens with zero attached hydrogens (tertiary/aromatic N) is 1. The first kappa shape index (κ1) is 10.1. The van der Waals surface area contributed by atoms with Crippen molar-refractivity contribution >= 4 is 11.8 Å². The summed E-state index contributed by atoms with van der Waals surface area (Å²) in [6, 6.07) is 11.5. The molecule has 1 fully saturated rings. The Balaban J connectivity index is 2.21. The van der Waals surface area contributed by atoms with Gasteiger partial charge in [-0.2, -0.15) is 0 Å². The van der Waals surface area contributed by atoms with Crippen molar-refractivity contribution in [2.24, 2.45) is 0 Å². The molecule has 1 heterocycles. The molecule has 0 spiro atoms. The van der Waals surface area contributed by atoms with Crippen LogP contribution < -0.4 is 0 Å². The summed E-state index contributed by atoms with van der Waals surface area (Å²) >= 11 is 2.06. The molecule has 1 aromatic carbocycles. The Hall–Kier alpha value is -0.470. The van der Waals surface area contributed by atoms with E-state index < -0.39 is 0 Å². The summed E-state index contributed by atoms with van der Waals surface area (Å²) in [6.45, 7) is 4.60. The maximum atomic E-state index is 2.45. The summed E-state index contributed by atoms with van der Waals surface area (Å²) in [4.78, 5) is 2.45. The zero-order valence-corrected chi connectivity index (χ0v) is 9.79. The van der Waals surface area contributed by atoms with Crippen LogP contribution in [0.4, 0.5) is 0 Å². The van der Waals surface area contributed by atoms with Gasteiger partial charge >= 0.3 is 0 Å². The Kier molecular flexibility index (Phi) is 2.84. The fourth-order valence-corrected chi connectivity index (χ4v) is 3.51. The molecule has 1 saturated heterocycles. The highest BCUT2D eigenvalue weighted by Gasteiger charge is 2.34. The lowest BCUT2D eigenvalue weighted by molar-refractivity contribution is 0.271. The van der Waals surface area contributed by atoms with Crippen LogP contribution in [0.1, 0.15) is 24.7 Å². The fraction of sp³-hybridized carbons (Fsp3) is 0.500. The van der Waals surface area contributed by atoms with Crippen molar-refractivity contribution in [3.63, 3.8) is 0 Å². The van der Waals surface area contributed by atoms with Gasteiger partial charge in [0.25, 0.3) is 0 Å². The summed E-state index contributed by atoms with van der Waals surface area (Å²) in [7, 11) is 2.21. The third kappa shape index (κ3) is 1.69. The molecule has 1 aliphatic rings. The third-order valence-corrected chi connectivity index (χ3v) is 4.81. The first-order valence-electron chi connectivity index (χ1n) is 5.12. The Bertz CT molecular complexity index is 298. The van der Waals surface area contributed by atoms with E-state index in [1.807, 2.05) is 0 Å². The number of hydrogen-bond donors (Lipinski definition) is 0. The molecule has 3 atom stereocenters. The number of hydrogen-bond acceptors (Lipinski definition) is 2. The quantitative estimate of drug-likeness (QED) is 0.696. The minimum atomic E-state index is 0.634. The van der Waals surface area contributed by atoms with Crippen LogP contribution in [0.15, 0.2) is 30.3 Å². The van der Waals surface area contributed by atoms with Crippen LogP contribution in [0.2, 0.25) is 0 Å². The van der Waals surface area contributed by atoms with Crippen molar-refractivity contribution < 1.29 is 0 Å². The van der Waals surface area contributed by atoms with Crippen molar-refractivity contribution in [1.29, 1.82) is 0 Å². The van der Waals surface area contributed by atoms with E-state index >= 15 is 0 Å². The van der Waals surface area contributed by atoms with Crippen molar-refractivity contribution in [1.82, 2.24) is 4.90 Å². The molecule has 0 aliphatic carbocycles. The van der Waals surface area contributed by atoms with Gasteiger partial charge in [0.15, 0.2) is 0 Å². The molecule has 0 saturated carbocycles. The van der Waals surface area contributed by atoms with Crippen molar-refractivity contribution in [3.8, 4) is 0 Å². The van der Waals surface area contributed by atoms with Gasteiger partial charge in [-0.25, -0.2) is 0 Å². The van der Waals surface area contributed by atoms with E-state index in [2.05, 4.69) is 67.9 Å². The fourth-order valence-electron chi connectivity index (χ4n) is 1.97. The Morgan fingerprint density at radius 1 is 1.14 bits per heavy atom. The minimum Gasteiger partial charge on any atom is -0.291 e. The molecule has 1 aromatic rings. The highest BCUT2D eigenvalue weighted by atomic mass is 32.2. The molecule has 14 heavy (non-hydrogen) atoms. The lowest BCUT2D eigenvalue weighted by atomic mass is 10.1. The van der Waals surface area contributed by atoms with E-state index in [1.54, 1.807) is 0 Å². The zero-order chi connectivity index (χ0) is 10.1. The van der Waals surface area contributed by atoms with E-state index in [0.717, 1.165) is 0 Å². The summed E-state index contributed by atoms with van der Waals surface area (Å²) in [5.74, 6) is 0. The highest BCUT2D eigenvalue weighted by Crippen LogP contribution is 2.44. The van der Waals surface area contributed by atoms with Crippen LogP contribution in [0.5, 0.6) is 0 Å². The van der Waals surface area contributed by atoms with Crippen molar-refractivity contribution in [3.05, 3.63) is 35.9 Å². The second-order valence-electron chi connectivity index (χ2n) is 3.97. The molecule has 0 unspecified atom stereocenters. The minimum absolute atomic E-state index is 0.634. The number of likely N-dealkylation sites (N-methyl/N-ethyl adjacent to an activating group) is 1. The summed E-state index contributed by atoms with van der Waals surface area (Å²) in [6.07, 6.45) is 0. The first-order chi connectivity index (χ1) is 6.70. The van der Waals surface area contributed by atoms with Crippen molar-refractivity contribution in [2.45, 2.75) is 30.5 Å². The van der Waals surface area contributed by atoms with E-state index in [0.29, 0.717) is 16.7 Å². The Morgan fingerprint density at radius 2 is 1.79 bits per heavy atom. The Labute approximate surface area is 90.5 Å². The van der Waals surface area contributed by atoms with Gasteiger partial charge < -0.3 is 0 Å². The third-order valence-electron chi connectivity index (χ3n) is 3.13. The second kappa shape index (κ2) is 3.95. The molecule has 0 bridgehead atoms. The Morgan fingerprint density at radius 3 is 2.29 bits per heavy atom. The first-order valence-corrected chi connectivity index (χ1v) is 6.07. The molecule has 2 rings (SSSR count). The van der Waals surface area contributed by atoms with Gasteiger partial charge in [-0.1, -0.05) is 30.3 Å². The summed E-state index contributed by atoms with van der Waals surface area (Å²) in [5, 5.41) is 1.27. The monoisotopic (exact) mass is 207 g/mol. The smallest absolute Gasteiger partial charge is 0.0535 e. The predicted octanol–water partition coefficient (Wildman–Crippen LogP) is 3.14. The molecule has 0 radical (unpaired) electrons. The van der Waals surface area contributed by atoms with E-state index in [4.69, 9.17) is 0 Å². The summed E-state index contributed by atoms with van der Waals surface area (Å²) in [5.41, 5.74) is 1.46. The number of thioether (sulfide) groups is 1. The van der Waals surface area contributed by atoms with Crippen LogP contribution >= 0.6 is 11.8 Å².